The predicted octanol–water partition coefficient (Wildman–Crippen LogP) is 4.88. The monoisotopic (exact) mass is 484 g/mol. The van der Waals surface area contributed by atoms with Crippen molar-refractivity contribution in [3.05, 3.63) is 93.7 Å². The van der Waals surface area contributed by atoms with Gasteiger partial charge in [-0.1, -0.05) is 18.2 Å². The third-order valence-electron chi connectivity index (χ3n) is 5.72. The van der Waals surface area contributed by atoms with Gasteiger partial charge >= 0.3 is 0 Å². The summed E-state index contributed by atoms with van der Waals surface area (Å²) in [5, 5.41) is 1.94. The van der Waals surface area contributed by atoms with E-state index in [0.717, 1.165) is 23.3 Å². The zero-order chi connectivity index (χ0) is 23.9. The van der Waals surface area contributed by atoms with Crippen molar-refractivity contribution in [3.63, 3.8) is 0 Å². The van der Waals surface area contributed by atoms with Crippen molar-refractivity contribution in [2.45, 2.75) is 32.0 Å². The molecule has 178 valence electrons. The molecule has 8 heteroatoms. The SMILES string of the molecule is O=C(CN(CC1CCCO1)C(=O)c1ccc(F)cc1)N(Cc1ccc(F)cc1)Cc1cccs1. The van der Waals surface area contributed by atoms with Crippen molar-refractivity contribution in [3.8, 4) is 0 Å². The number of thiophene rings is 1. The zero-order valence-electron chi connectivity index (χ0n) is 18.7. The molecule has 0 radical (unpaired) electrons. The molecule has 1 aliphatic heterocycles. The van der Waals surface area contributed by atoms with Gasteiger partial charge in [0.15, 0.2) is 0 Å². The molecule has 1 fully saturated rings. The number of halogens is 2. The Kier molecular flexibility index (Phi) is 8.03. The van der Waals surface area contributed by atoms with Gasteiger partial charge in [0.2, 0.25) is 5.91 Å². The zero-order valence-corrected chi connectivity index (χ0v) is 19.5. The number of ether oxygens (including phenoxy) is 1. The second-order valence-corrected chi connectivity index (χ2v) is 9.32. The lowest BCUT2D eigenvalue weighted by Crippen LogP contribution is -2.45. The number of hydrogen-bond donors (Lipinski definition) is 0. The third-order valence-corrected chi connectivity index (χ3v) is 6.58. The van der Waals surface area contributed by atoms with Crippen molar-refractivity contribution in [1.82, 2.24) is 9.80 Å². The molecule has 0 N–H and O–H groups in total. The van der Waals surface area contributed by atoms with E-state index in [1.54, 1.807) is 28.4 Å². The first-order chi connectivity index (χ1) is 16.5. The molecule has 1 atom stereocenters. The Morgan fingerprint density at radius 3 is 2.26 bits per heavy atom. The van der Waals surface area contributed by atoms with Crippen LogP contribution < -0.4 is 0 Å². The van der Waals surface area contributed by atoms with Gasteiger partial charge in [0.05, 0.1) is 12.6 Å². The molecule has 5 nitrogen and oxygen atoms in total. The van der Waals surface area contributed by atoms with E-state index in [1.807, 2.05) is 17.5 Å². The van der Waals surface area contributed by atoms with Crippen LogP contribution in [0.25, 0.3) is 0 Å². The summed E-state index contributed by atoms with van der Waals surface area (Å²) in [5.74, 6) is -1.35. The number of hydrogen-bond acceptors (Lipinski definition) is 4. The Balaban J connectivity index is 1.54. The average molecular weight is 485 g/mol. The van der Waals surface area contributed by atoms with Crippen LogP contribution in [0.5, 0.6) is 0 Å². The Morgan fingerprint density at radius 1 is 0.941 bits per heavy atom. The molecule has 4 rings (SSSR count). The van der Waals surface area contributed by atoms with Gasteiger partial charge in [0.25, 0.3) is 5.91 Å². The first-order valence-corrected chi connectivity index (χ1v) is 12.1. The van der Waals surface area contributed by atoms with Crippen LogP contribution in [-0.2, 0) is 22.6 Å². The topological polar surface area (TPSA) is 49.9 Å². The molecule has 0 saturated carbocycles. The maximum atomic E-state index is 13.5. The second kappa shape index (κ2) is 11.4. The Morgan fingerprint density at radius 2 is 1.65 bits per heavy atom. The van der Waals surface area contributed by atoms with E-state index in [2.05, 4.69) is 0 Å². The highest BCUT2D eigenvalue weighted by Gasteiger charge is 2.27. The fourth-order valence-electron chi connectivity index (χ4n) is 3.92. The molecule has 0 aliphatic carbocycles. The van der Waals surface area contributed by atoms with Gasteiger partial charge < -0.3 is 14.5 Å². The first-order valence-electron chi connectivity index (χ1n) is 11.2. The van der Waals surface area contributed by atoms with Crippen LogP contribution >= 0.6 is 11.3 Å². The third kappa shape index (κ3) is 6.48. The van der Waals surface area contributed by atoms with Crippen LogP contribution in [0, 0.1) is 11.6 Å². The summed E-state index contributed by atoms with van der Waals surface area (Å²) in [6.07, 6.45) is 1.59. The van der Waals surface area contributed by atoms with Crippen molar-refractivity contribution in [2.24, 2.45) is 0 Å². The molecule has 2 heterocycles. The number of carbonyl (C=O) groups is 2. The maximum Gasteiger partial charge on any atom is 0.254 e. The number of nitrogens with zero attached hydrogens (tertiary/aromatic N) is 2. The molecular formula is C26H26F2N2O3S. The summed E-state index contributed by atoms with van der Waals surface area (Å²) in [6, 6.07) is 15.2. The largest absolute Gasteiger partial charge is 0.376 e. The summed E-state index contributed by atoms with van der Waals surface area (Å²) in [7, 11) is 0. The van der Waals surface area contributed by atoms with Crippen LogP contribution in [0.4, 0.5) is 8.78 Å². The standard InChI is InChI=1S/C26H26F2N2O3S/c27-21-9-5-19(6-10-21)15-29(17-24-4-2-14-34-24)25(31)18-30(16-23-3-1-13-33-23)26(32)20-7-11-22(28)12-8-20/h2,4-12,14,23H,1,3,13,15-18H2. The quantitative estimate of drug-likeness (QED) is 0.435. The Bertz CT molecular complexity index is 1080. The van der Waals surface area contributed by atoms with Gasteiger partial charge in [-0.2, -0.15) is 0 Å². The second-order valence-electron chi connectivity index (χ2n) is 8.28. The van der Waals surface area contributed by atoms with E-state index >= 15 is 0 Å². The predicted molar refractivity (Wildman–Crippen MR) is 126 cm³/mol. The normalized spacial score (nSPS) is 15.3. The van der Waals surface area contributed by atoms with Crippen molar-refractivity contribution in [2.75, 3.05) is 19.7 Å². The fourth-order valence-corrected chi connectivity index (χ4v) is 4.64. The van der Waals surface area contributed by atoms with Crippen molar-refractivity contribution >= 4 is 23.2 Å². The van der Waals surface area contributed by atoms with Gasteiger partial charge in [-0.15, -0.1) is 11.3 Å². The lowest BCUT2D eigenvalue weighted by molar-refractivity contribution is -0.133. The number of benzene rings is 2. The van der Waals surface area contributed by atoms with Crippen LogP contribution in [-0.4, -0.2) is 47.4 Å². The van der Waals surface area contributed by atoms with E-state index < -0.39 is 5.82 Å². The summed E-state index contributed by atoms with van der Waals surface area (Å²) in [4.78, 5) is 30.9. The van der Waals surface area contributed by atoms with Crippen molar-refractivity contribution < 1.29 is 23.1 Å². The molecule has 0 spiro atoms. The average Bonchev–Trinajstić information content (AvgIpc) is 3.54. The molecule has 1 saturated heterocycles. The van der Waals surface area contributed by atoms with Gasteiger partial charge in [-0.25, -0.2) is 8.78 Å². The van der Waals surface area contributed by atoms with E-state index in [-0.39, 0.29) is 43.4 Å². The molecule has 1 aromatic heterocycles. The number of carbonyl (C=O) groups excluding carboxylic acids is 2. The minimum atomic E-state index is -0.431. The van der Waals surface area contributed by atoms with Crippen molar-refractivity contribution in [1.29, 1.82) is 0 Å². The molecule has 1 unspecified atom stereocenters. The van der Waals surface area contributed by atoms with Crippen LogP contribution in [0.2, 0.25) is 0 Å². The first kappa shape index (κ1) is 24.0. The minimum Gasteiger partial charge on any atom is -0.376 e. The number of rotatable bonds is 9. The Labute approximate surface area is 201 Å². The van der Waals surface area contributed by atoms with E-state index in [1.165, 1.54) is 41.3 Å². The maximum absolute atomic E-state index is 13.5. The van der Waals surface area contributed by atoms with E-state index in [0.29, 0.717) is 18.7 Å². The van der Waals surface area contributed by atoms with Crippen LogP contribution in [0.3, 0.4) is 0 Å². The molecule has 1 aliphatic rings. The van der Waals surface area contributed by atoms with Crippen LogP contribution in [0.1, 0.15) is 33.6 Å². The van der Waals surface area contributed by atoms with Crippen LogP contribution in [0.15, 0.2) is 66.0 Å². The lowest BCUT2D eigenvalue weighted by Gasteiger charge is -2.29. The smallest absolute Gasteiger partial charge is 0.254 e. The molecular weight excluding hydrogens is 458 g/mol. The molecule has 3 aromatic rings. The Hall–Kier alpha value is -3.10. The fraction of sp³-hybridized carbons (Fsp3) is 0.308. The molecule has 0 bridgehead atoms. The highest BCUT2D eigenvalue weighted by molar-refractivity contribution is 7.09. The number of amides is 2. The summed E-state index contributed by atoms with van der Waals surface area (Å²) in [6.45, 7) is 1.45. The molecule has 2 amide bonds. The minimum absolute atomic E-state index is 0.136. The summed E-state index contributed by atoms with van der Waals surface area (Å²) in [5.41, 5.74) is 1.11. The highest BCUT2D eigenvalue weighted by Crippen LogP contribution is 2.18. The summed E-state index contributed by atoms with van der Waals surface area (Å²) >= 11 is 1.54. The van der Waals surface area contributed by atoms with E-state index in [9.17, 15) is 18.4 Å². The van der Waals surface area contributed by atoms with Gasteiger partial charge in [-0.3, -0.25) is 9.59 Å². The highest BCUT2D eigenvalue weighted by atomic mass is 32.1. The van der Waals surface area contributed by atoms with Gasteiger partial charge in [-0.05, 0) is 66.2 Å². The van der Waals surface area contributed by atoms with Gasteiger partial charge in [0, 0.05) is 30.1 Å². The molecule has 34 heavy (non-hydrogen) atoms. The van der Waals surface area contributed by atoms with Gasteiger partial charge in [0.1, 0.15) is 18.2 Å². The lowest BCUT2D eigenvalue weighted by atomic mass is 10.1. The summed E-state index contributed by atoms with van der Waals surface area (Å²) < 4.78 is 32.5. The van der Waals surface area contributed by atoms with E-state index in [4.69, 9.17) is 4.74 Å². The molecule has 2 aromatic carbocycles.